The van der Waals surface area contributed by atoms with Crippen LogP contribution in [0.15, 0.2) is 12.3 Å². The number of nitrogens with zero attached hydrogens (tertiary/aromatic N) is 2. The molecule has 0 amide bonds. The molecule has 0 atom stereocenters. The lowest BCUT2D eigenvalue weighted by atomic mass is 10.1. The molecule has 0 saturated carbocycles. The van der Waals surface area contributed by atoms with Gasteiger partial charge in [0.05, 0.1) is 5.56 Å². The van der Waals surface area contributed by atoms with Crippen molar-refractivity contribution in [3.8, 4) is 0 Å². The summed E-state index contributed by atoms with van der Waals surface area (Å²) < 4.78 is 0. The smallest absolute Gasteiger partial charge is 0.139 e. The summed E-state index contributed by atoms with van der Waals surface area (Å²) in [7, 11) is 0. The first kappa shape index (κ1) is 13.9. The molecule has 0 radical (unpaired) electrons. The van der Waals surface area contributed by atoms with Gasteiger partial charge >= 0.3 is 0 Å². The van der Waals surface area contributed by atoms with E-state index in [2.05, 4.69) is 30.7 Å². The number of pyridine rings is 1. The highest BCUT2D eigenvalue weighted by Crippen LogP contribution is 2.23. The maximum Gasteiger partial charge on any atom is 0.139 e. The third kappa shape index (κ3) is 3.16. The molecule has 0 fully saturated rings. The summed E-state index contributed by atoms with van der Waals surface area (Å²) in [4.78, 5) is 7.13. The largest absolute Gasteiger partial charge is 0.389 e. The Morgan fingerprint density at radius 1 is 1.53 bits per heavy atom. The van der Waals surface area contributed by atoms with Crippen LogP contribution in [0, 0.1) is 6.92 Å². The van der Waals surface area contributed by atoms with Crippen molar-refractivity contribution in [3.63, 3.8) is 0 Å². The fourth-order valence-electron chi connectivity index (χ4n) is 1.92. The molecule has 17 heavy (non-hydrogen) atoms. The van der Waals surface area contributed by atoms with Crippen molar-refractivity contribution >= 4 is 23.0 Å². The van der Waals surface area contributed by atoms with Gasteiger partial charge in [0, 0.05) is 18.8 Å². The van der Waals surface area contributed by atoms with Crippen LogP contribution >= 0.6 is 12.2 Å². The van der Waals surface area contributed by atoms with Crippen molar-refractivity contribution < 1.29 is 0 Å². The van der Waals surface area contributed by atoms with Crippen LogP contribution in [0.5, 0.6) is 0 Å². The van der Waals surface area contributed by atoms with Crippen molar-refractivity contribution in [3.05, 3.63) is 23.4 Å². The standard InChI is InChI=1S/C13H21N3S/c1-5-8-16(9(2)3)13-11(12(14)17)10(4)6-7-15-13/h6-7,9H,5,8H2,1-4H3,(H2,14,17). The Hall–Kier alpha value is -1.16. The van der Waals surface area contributed by atoms with Crippen LogP contribution in [0.2, 0.25) is 0 Å². The van der Waals surface area contributed by atoms with Gasteiger partial charge in [-0.2, -0.15) is 0 Å². The summed E-state index contributed by atoms with van der Waals surface area (Å²) in [5.41, 5.74) is 7.81. The molecule has 0 aliphatic carbocycles. The van der Waals surface area contributed by atoms with Crippen molar-refractivity contribution in [2.45, 2.75) is 40.2 Å². The zero-order valence-corrected chi connectivity index (χ0v) is 11.8. The van der Waals surface area contributed by atoms with E-state index in [-0.39, 0.29) is 0 Å². The third-order valence-electron chi connectivity index (χ3n) is 2.75. The molecule has 4 heteroatoms. The topological polar surface area (TPSA) is 42.2 Å². The molecule has 94 valence electrons. The van der Waals surface area contributed by atoms with E-state index in [0.29, 0.717) is 11.0 Å². The van der Waals surface area contributed by atoms with Crippen LogP contribution in [0.3, 0.4) is 0 Å². The molecule has 2 N–H and O–H groups in total. The normalized spacial score (nSPS) is 10.6. The van der Waals surface area contributed by atoms with Gasteiger partial charge in [-0.05, 0) is 38.8 Å². The highest BCUT2D eigenvalue weighted by Gasteiger charge is 2.18. The second kappa shape index (κ2) is 5.96. The fraction of sp³-hybridized carbons (Fsp3) is 0.538. The SMILES string of the molecule is CCCN(c1nccc(C)c1C(N)=S)C(C)C. The zero-order chi connectivity index (χ0) is 13.0. The van der Waals surface area contributed by atoms with Crippen LogP contribution in [-0.4, -0.2) is 22.6 Å². The van der Waals surface area contributed by atoms with Gasteiger partial charge in [-0.3, -0.25) is 0 Å². The molecule has 1 aromatic heterocycles. The number of aryl methyl sites for hydroxylation is 1. The minimum absolute atomic E-state index is 0.386. The van der Waals surface area contributed by atoms with Gasteiger partial charge < -0.3 is 10.6 Å². The number of anilines is 1. The van der Waals surface area contributed by atoms with E-state index < -0.39 is 0 Å². The lowest BCUT2D eigenvalue weighted by Crippen LogP contribution is -2.34. The maximum absolute atomic E-state index is 5.81. The van der Waals surface area contributed by atoms with Gasteiger partial charge in [-0.25, -0.2) is 4.98 Å². The minimum Gasteiger partial charge on any atom is -0.389 e. The van der Waals surface area contributed by atoms with Crippen LogP contribution in [0.4, 0.5) is 5.82 Å². The van der Waals surface area contributed by atoms with Crippen molar-refractivity contribution in [2.24, 2.45) is 5.73 Å². The highest BCUT2D eigenvalue weighted by molar-refractivity contribution is 7.80. The summed E-state index contributed by atoms with van der Waals surface area (Å²) in [6, 6.07) is 2.33. The molecule has 3 nitrogen and oxygen atoms in total. The minimum atomic E-state index is 0.386. The summed E-state index contributed by atoms with van der Waals surface area (Å²) in [5, 5.41) is 0. The first-order valence-corrected chi connectivity index (χ1v) is 6.41. The predicted octanol–water partition coefficient (Wildman–Crippen LogP) is 2.65. The number of thiocarbonyl (C=S) groups is 1. The van der Waals surface area contributed by atoms with Gasteiger partial charge in [-0.15, -0.1) is 0 Å². The first-order chi connectivity index (χ1) is 7.99. The summed E-state index contributed by atoms with van der Waals surface area (Å²) >= 11 is 5.14. The van der Waals surface area contributed by atoms with Crippen LogP contribution in [-0.2, 0) is 0 Å². The van der Waals surface area contributed by atoms with E-state index in [4.69, 9.17) is 18.0 Å². The Balaban J connectivity index is 3.27. The lowest BCUT2D eigenvalue weighted by Gasteiger charge is -2.29. The number of hydrogen-bond donors (Lipinski definition) is 1. The molecule has 0 aromatic carbocycles. The van der Waals surface area contributed by atoms with E-state index in [9.17, 15) is 0 Å². The Kier molecular flexibility index (Phi) is 4.87. The fourth-order valence-corrected chi connectivity index (χ4v) is 2.17. The average molecular weight is 251 g/mol. The van der Waals surface area contributed by atoms with E-state index in [1.54, 1.807) is 0 Å². The maximum atomic E-state index is 5.81. The second-order valence-corrected chi connectivity index (χ2v) is 4.92. The molecule has 0 bridgehead atoms. The third-order valence-corrected chi connectivity index (χ3v) is 2.95. The van der Waals surface area contributed by atoms with Gasteiger partial charge in [0.2, 0.25) is 0 Å². The molecule has 0 unspecified atom stereocenters. The monoisotopic (exact) mass is 251 g/mol. The average Bonchev–Trinajstić information content (AvgIpc) is 2.24. The van der Waals surface area contributed by atoms with Crippen LogP contribution in [0.1, 0.15) is 38.3 Å². The molecular formula is C13H21N3S. The molecular weight excluding hydrogens is 230 g/mol. The van der Waals surface area contributed by atoms with Crippen molar-refractivity contribution in [1.29, 1.82) is 0 Å². The summed E-state index contributed by atoms with van der Waals surface area (Å²) in [5.74, 6) is 0.911. The van der Waals surface area contributed by atoms with Crippen molar-refractivity contribution in [2.75, 3.05) is 11.4 Å². The van der Waals surface area contributed by atoms with Gasteiger partial charge in [-0.1, -0.05) is 19.1 Å². The molecule has 0 aliphatic heterocycles. The number of aromatic nitrogens is 1. The number of nitrogens with two attached hydrogens (primary N) is 1. The zero-order valence-electron chi connectivity index (χ0n) is 11.0. The van der Waals surface area contributed by atoms with E-state index in [1.165, 1.54) is 0 Å². The first-order valence-electron chi connectivity index (χ1n) is 6.01. The highest BCUT2D eigenvalue weighted by atomic mass is 32.1. The van der Waals surface area contributed by atoms with Crippen molar-refractivity contribution in [1.82, 2.24) is 4.98 Å². The van der Waals surface area contributed by atoms with Gasteiger partial charge in [0.1, 0.15) is 10.8 Å². The Morgan fingerprint density at radius 2 is 2.18 bits per heavy atom. The predicted molar refractivity (Wildman–Crippen MR) is 77.6 cm³/mol. The Morgan fingerprint density at radius 3 is 2.65 bits per heavy atom. The summed E-state index contributed by atoms with van der Waals surface area (Å²) in [6.45, 7) is 9.45. The van der Waals surface area contributed by atoms with Crippen LogP contribution in [0.25, 0.3) is 0 Å². The number of rotatable bonds is 5. The second-order valence-electron chi connectivity index (χ2n) is 4.48. The quantitative estimate of drug-likeness (QED) is 0.817. The molecule has 0 saturated heterocycles. The molecule has 1 heterocycles. The van der Waals surface area contributed by atoms with E-state index in [0.717, 1.165) is 29.9 Å². The molecule has 0 spiro atoms. The molecule has 1 rings (SSSR count). The lowest BCUT2D eigenvalue weighted by molar-refractivity contribution is 0.661. The molecule has 0 aliphatic rings. The van der Waals surface area contributed by atoms with Crippen LogP contribution < -0.4 is 10.6 Å². The van der Waals surface area contributed by atoms with E-state index in [1.807, 2.05) is 19.2 Å². The van der Waals surface area contributed by atoms with Gasteiger partial charge in [0.25, 0.3) is 0 Å². The Labute approximate surface area is 109 Å². The van der Waals surface area contributed by atoms with Gasteiger partial charge in [0.15, 0.2) is 0 Å². The van der Waals surface area contributed by atoms with E-state index >= 15 is 0 Å². The summed E-state index contributed by atoms with van der Waals surface area (Å²) in [6.07, 6.45) is 2.89. The molecule has 1 aromatic rings. The number of hydrogen-bond acceptors (Lipinski definition) is 3. The Bertz CT molecular complexity index is 402.